The van der Waals surface area contributed by atoms with E-state index in [9.17, 15) is 4.79 Å². The van der Waals surface area contributed by atoms with Gasteiger partial charge in [0.25, 0.3) is 0 Å². The molecule has 2 N–H and O–H groups in total. The van der Waals surface area contributed by atoms with Crippen LogP contribution < -0.4 is 15.5 Å². The van der Waals surface area contributed by atoms with E-state index in [1.54, 1.807) is 17.5 Å². The number of carbonyl (C=O) groups is 1. The van der Waals surface area contributed by atoms with Gasteiger partial charge in [0.05, 0.1) is 17.8 Å². The fourth-order valence-corrected chi connectivity index (χ4v) is 4.61. The van der Waals surface area contributed by atoms with E-state index < -0.39 is 0 Å². The fourth-order valence-electron chi connectivity index (χ4n) is 3.41. The summed E-state index contributed by atoms with van der Waals surface area (Å²) in [5, 5.41) is 8.96. The zero-order valence-corrected chi connectivity index (χ0v) is 17.4. The summed E-state index contributed by atoms with van der Waals surface area (Å²) >= 11 is 7.39. The Morgan fingerprint density at radius 1 is 1.24 bits per heavy atom. The molecule has 0 saturated carbocycles. The largest absolute Gasteiger partial charge is 0.375 e. The van der Waals surface area contributed by atoms with Crippen LogP contribution in [0.5, 0.6) is 0 Å². The smallest absolute Gasteiger partial charge is 0.250 e. The zero-order valence-electron chi connectivity index (χ0n) is 15.7. The normalized spacial score (nSPS) is 18.5. The number of ether oxygens (including phenoxy) is 1. The van der Waals surface area contributed by atoms with Crippen LogP contribution in [-0.2, 0) is 9.53 Å². The van der Waals surface area contributed by atoms with Crippen molar-refractivity contribution >= 4 is 45.9 Å². The van der Waals surface area contributed by atoms with Gasteiger partial charge in [-0.25, -0.2) is 0 Å². The number of nitrogens with zero attached hydrogens (tertiary/aromatic N) is 2. The highest BCUT2D eigenvalue weighted by Crippen LogP contribution is 2.43. The van der Waals surface area contributed by atoms with E-state index in [2.05, 4.69) is 32.0 Å². The number of carbonyl (C=O) groups excluding carboxylic acids is 1. The van der Waals surface area contributed by atoms with Gasteiger partial charge in [0.15, 0.2) is 5.11 Å². The molecule has 0 spiro atoms. The lowest BCUT2D eigenvalue weighted by Crippen LogP contribution is -2.29. The topological polar surface area (TPSA) is 66.5 Å². The third-order valence-electron chi connectivity index (χ3n) is 4.64. The summed E-state index contributed by atoms with van der Waals surface area (Å²) in [5.41, 5.74) is 2.60. The van der Waals surface area contributed by atoms with Crippen LogP contribution in [-0.4, -0.2) is 29.7 Å². The number of aromatic nitrogens is 1. The molecule has 2 atom stereocenters. The average molecular weight is 425 g/mol. The van der Waals surface area contributed by atoms with Crippen LogP contribution in [0.1, 0.15) is 22.7 Å². The van der Waals surface area contributed by atoms with Crippen molar-refractivity contribution in [3.05, 3.63) is 76.7 Å². The average Bonchev–Trinajstić information content (AvgIpc) is 3.37. The van der Waals surface area contributed by atoms with Crippen molar-refractivity contribution < 1.29 is 9.53 Å². The number of thiophene rings is 1. The first kappa shape index (κ1) is 19.5. The second kappa shape index (κ2) is 8.69. The molecule has 1 amide bonds. The second-order valence-electron chi connectivity index (χ2n) is 6.54. The van der Waals surface area contributed by atoms with Gasteiger partial charge in [-0.05, 0) is 60.1 Å². The zero-order chi connectivity index (χ0) is 20.2. The molecule has 6 nitrogen and oxygen atoms in total. The fraction of sp³-hybridized carbons (Fsp3) is 0.190. The van der Waals surface area contributed by atoms with Crippen LogP contribution in [0.3, 0.4) is 0 Å². The monoisotopic (exact) mass is 424 g/mol. The molecule has 0 bridgehead atoms. The van der Waals surface area contributed by atoms with Crippen molar-refractivity contribution in [2.45, 2.75) is 12.1 Å². The van der Waals surface area contributed by atoms with Crippen molar-refractivity contribution in [2.75, 3.05) is 23.9 Å². The van der Waals surface area contributed by atoms with Gasteiger partial charge < -0.3 is 20.3 Å². The molecule has 0 unspecified atom stereocenters. The van der Waals surface area contributed by atoms with Crippen molar-refractivity contribution in [3.8, 4) is 0 Å². The minimum atomic E-state index is -0.190. The number of pyridine rings is 1. The number of benzene rings is 1. The highest BCUT2D eigenvalue weighted by atomic mass is 32.1. The minimum Gasteiger partial charge on any atom is -0.375 e. The molecule has 0 aliphatic carbocycles. The summed E-state index contributed by atoms with van der Waals surface area (Å²) in [7, 11) is 1.49. The van der Waals surface area contributed by atoms with Gasteiger partial charge in [0, 0.05) is 29.6 Å². The number of nitrogens with one attached hydrogen (secondary N) is 2. The van der Waals surface area contributed by atoms with E-state index >= 15 is 0 Å². The third-order valence-corrected chi connectivity index (χ3v) is 5.89. The maximum absolute atomic E-state index is 11.7. The van der Waals surface area contributed by atoms with E-state index in [0.717, 1.165) is 11.4 Å². The van der Waals surface area contributed by atoms with Crippen LogP contribution in [0.2, 0.25) is 0 Å². The lowest BCUT2D eigenvalue weighted by atomic mass is 10.0. The molecule has 3 heterocycles. The standard InChI is InChI=1S/C21H20N4O2S2/c1-27-13-18(26)23-14-7-9-15(10-8-14)25-20(17-6-4-12-29-17)19(24-21(25)28)16-5-2-3-11-22-16/h2-12,19-20H,13H2,1H3,(H,23,26)(H,24,28)/t19-,20-/m1/s1. The molecule has 1 fully saturated rings. The molecule has 0 radical (unpaired) electrons. The Labute approximate surface area is 178 Å². The van der Waals surface area contributed by atoms with E-state index in [-0.39, 0.29) is 24.6 Å². The number of hydrogen-bond donors (Lipinski definition) is 2. The molecule has 1 aliphatic rings. The quantitative estimate of drug-likeness (QED) is 0.585. The number of thiocarbonyl (C=S) groups is 1. The summed E-state index contributed by atoms with van der Waals surface area (Å²) in [6.45, 7) is 0.0219. The molecule has 1 aromatic carbocycles. The lowest BCUT2D eigenvalue weighted by molar-refractivity contribution is -0.119. The Hall–Kier alpha value is -2.81. The van der Waals surface area contributed by atoms with Gasteiger partial charge in [-0.15, -0.1) is 11.3 Å². The molecule has 3 aromatic rings. The van der Waals surface area contributed by atoms with Crippen molar-refractivity contribution in [1.82, 2.24) is 10.3 Å². The van der Waals surface area contributed by atoms with E-state index in [1.165, 1.54) is 12.0 Å². The SMILES string of the molecule is COCC(=O)Nc1ccc(N2C(=S)N[C@H](c3ccccn3)[C@H]2c2cccs2)cc1. The highest BCUT2D eigenvalue weighted by Gasteiger charge is 2.41. The van der Waals surface area contributed by atoms with Gasteiger partial charge in [-0.2, -0.15) is 0 Å². The van der Waals surface area contributed by atoms with Crippen molar-refractivity contribution in [2.24, 2.45) is 0 Å². The van der Waals surface area contributed by atoms with Crippen molar-refractivity contribution in [1.29, 1.82) is 0 Å². The molecule has 148 valence electrons. The Morgan fingerprint density at radius 2 is 2.07 bits per heavy atom. The summed E-state index contributed by atoms with van der Waals surface area (Å²) < 4.78 is 4.85. The molecule has 29 heavy (non-hydrogen) atoms. The van der Waals surface area contributed by atoms with E-state index in [4.69, 9.17) is 17.0 Å². The number of hydrogen-bond acceptors (Lipinski definition) is 5. The predicted molar refractivity (Wildman–Crippen MR) is 119 cm³/mol. The third kappa shape index (κ3) is 4.14. The maximum atomic E-state index is 11.7. The number of anilines is 2. The Bertz CT molecular complexity index is 978. The number of rotatable bonds is 6. The summed E-state index contributed by atoms with van der Waals surface area (Å²) in [4.78, 5) is 19.6. The molecular formula is C21H20N4O2S2. The highest BCUT2D eigenvalue weighted by molar-refractivity contribution is 7.80. The summed E-state index contributed by atoms with van der Waals surface area (Å²) in [6.07, 6.45) is 1.80. The second-order valence-corrected chi connectivity index (χ2v) is 7.91. The molecule has 8 heteroatoms. The van der Waals surface area contributed by atoms with Crippen LogP contribution in [0.15, 0.2) is 66.2 Å². The summed E-state index contributed by atoms with van der Waals surface area (Å²) in [5.74, 6) is -0.190. The number of amides is 1. The van der Waals surface area contributed by atoms with Gasteiger partial charge in [0.2, 0.25) is 5.91 Å². The lowest BCUT2D eigenvalue weighted by Gasteiger charge is -2.27. The first-order valence-corrected chi connectivity index (χ1v) is 10.4. The van der Waals surface area contributed by atoms with Crippen LogP contribution in [0.25, 0.3) is 0 Å². The van der Waals surface area contributed by atoms with Crippen LogP contribution in [0.4, 0.5) is 11.4 Å². The van der Waals surface area contributed by atoms with E-state index in [0.29, 0.717) is 10.8 Å². The summed E-state index contributed by atoms with van der Waals surface area (Å²) in [6, 6.07) is 17.7. The van der Waals surface area contributed by atoms with Gasteiger partial charge in [-0.3, -0.25) is 9.78 Å². The maximum Gasteiger partial charge on any atom is 0.250 e. The minimum absolute atomic E-state index is 0.00803. The molecule has 4 rings (SSSR count). The Balaban J connectivity index is 1.65. The predicted octanol–water partition coefficient (Wildman–Crippen LogP) is 3.91. The number of methoxy groups -OCH3 is 1. The Kier molecular flexibility index (Phi) is 5.84. The van der Waals surface area contributed by atoms with Gasteiger partial charge >= 0.3 is 0 Å². The van der Waals surface area contributed by atoms with Crippen molar-refractivity contribution in [3.63, 3.8) is 0 Å². The van der Waals surface area contributed by atoms with Gasteiger partial charge in [0.1, 0.15) is 6.61 Å². The molecule has 1 aliphatic heterocycles. The van der Waals surface area contributed by atoms with Crippen LogP contribution in [0, 0.1) is 0 Å². The first-order chi connectivity index (χ1) is 14.2. The molecule has 2 aromatic heterocycles. The first-order valence-electron chi connectivity index (χ1n) is 9.10. The van der Waals surface area contributed by atoms with Gasteiger partial charge in [-0.1, -0.05) is 12.1 Å². The van der Waals surface area contributed by atoms with Crippen LogP contribution >= 0.6 is 23.6 Å². The Morgan fingerprint density at radius 3 is 2.72 bits per heavy atom. The van der Waals surface area contributed by atoms with E-state index in [1.807, 2.05) is 48.5 Å². The molecule has 1 saturated heterocycles. The molecular weight excluding hydrogens is 404 g/mol.